The molecule has 14 nitrogen and oxygen atoms in total. The summed E-state index contributed by atoms with van der Waals surface area (Å²) in [6, 6.07) is 14.6. The fourth-order valence-electron chi connectivity index (χ4n) is 4.17. The van der Waals surface area contributed by atoms with Gasteiger partial charge in [0.1, 0.15) is 5.82 Å². The van der Waals surface area contributed by atoms with Crippen LogP contribution in [0.4, 0.5) is 11.5 Å². The van der Waals surface area contributed by atoms with E-state index in [1.807, 2.05) is 11.0 Å². The minimum absolute atomic E-state index is 0.126. The highest BCUT2D eigenvalue weighted by Gasteiger charge is 2.23. The average molecular weight is 554 g/mol. The number of non-ortho nitro benzene ring substituents is 1. The first kappa shape index (κ1) is 29.4. The molecule has 14 heteroatoms. The number of benzene rings is 2. The Labute approximate surface area is 227 Å². The molecular weight excluding hydrogens is 526 g/mol. The lowest BCUT2D eigenvalue weighted by atomic mass is 9.97. The van der Waals surface area contributed by atoms with E-state index in [0.717, 1.165) is 4.57 Å². The third-order valence-corrected chi connectivity index (χ3v) is 6.36. The molecule has 2 N–H and O–H groups in total. The molecule has 0 spiro atoms. The van der Waals surface area contributed by atoms with Crippen molar-refractivity contribution in [1.29, 1.82) is 0 Å². The third kappa shape index (κ3) is 6.85. The van der Waals surface area contributed by atoms with E-state index in [1.54, 1.807) is 37.4 Å². The van der Waals surface area contributed by atoms with Gasteiger partial charge in [-0.2, -0.15) is 0 Å². The van der Waals surface area contributed by atoms with E-state index in [-0.39, 0.29) is 22.7 Å². The first-order valence-electron chi connectivity index (χ1n) is 12.0. The summed E-state index contributed by atoms with van der Waals surface area (Å²) in [5.41, 5.74) is 0.654. The zero-order valence-electron chi connectivity index (χ0n) is 21.7. The topological polar surface area (TPSA) is 185 Å². The van der Waals surface area contributed by atoms with Gasteiger partial charge in [0, 0.05) is 76.1 Å². The Morgan fingerprint density at radius 1 is 0.875 bits per heavy atom. The van der Waals surface area contributed by atoms with E-state index in [1.165, 1.54) is 29.8 Å². The van der Waals surface area contributed by atoms with Crippen molar-refractivity contribution in [2.24, 2.45) is 14.1 Å². The highest BCUT2D eigenvalue weighted by molar-refractivity contribution is 6.27. The van der Waals surface area contributed by atoms with Crippen LogP contribution in [-0.4, -0.2) is 73.1 Å². The summed E-state index contributed by atoms with van der Waals surface area (Å²) in [5, 5.41) is 26.1. The molecule has 1 fully saturated rings. The monoisotopic (exact) mass is 553 g/mol. The SMILES string of the molecule is Cn1c(N2CCN(Cc3ccc([N+](=O)[O-])cc3C(=O)c3ccccc3)CC2)cc(=O)n(C)c1=O.O=C(O)C(=O)O. The molecule has 0 atom stereocenters. The van der Waals surface area contributed by atoms with E-state index in [2.05, 4.69) is 4.90 Å². The fraction of sp³-hybridized carbons (Fsp3) is 0.269. The minimum Gasteiger partial charge on any atom is -0.473 e. The summed E-state index contributed by atoms with van der Waals surface area (Å²) in [7, 11) is 3.09. The molecule has 0 amide bonds. The molecular formula is C26H27N5O9. The number of ketones is 1. The molecule has 0 radical (unpaired) electrons. The van der Waals surface area contributed by atoms with Crippen LogP contribution in [0.2, 0.25) is 0 Å². The maximum absolute atomic E-state index is 13.1. The number of aromatic nitrogens is 2. The molecule has 2 aromatic carbocycles. The molecule has 1 saturated heterocycles. The normalized spacial score (nSPS) is 13.2. The van der Waals surface area contributed by atoms with E-state index in [0.29, 0.717) is 55.2 Å². The van der Waals surface area contributed by atoms with E-state index in [9.17, 15) is 24.5 Å². The number of carboxylic acid groups (broad SMARTS) is 2. The lowest BCUT2D eigenvalue weighted by Crippen LogP contribution is -2.49. The van der Waals surface area contributed by atoms with Crippen molar-refractivity contribution in [3.8, 4) is 0 Å². The zero-order chi connectivity index (χ0) is 29.6. The summed E-state index contributed by atoms with van der Waals surface area (Å²) in [5.74, 6) is -3.33. The standard InChI is InChI=1S/C24H25N5O5.C2H2O4/c1-25-21(15-22(30)26(2)24(25)32)28-12-10-27(11-13-28)16-18-8-9-19(29(33)34)14-20(18)23(31)17-6-4-3-5-7-17;3-1(4)2(5)6/h3-9,14-15H,10-13,16H2,1-2H3;(H,3,4)(H,5,6). The van der Waals surface area contributed by atoms with Crippen LogP contribution in [0.1, 0.15) is 21.5 Å². The van der Waals surface area contributed by atoms with Crippen molar-refractivity contribution in [1.82, 2.24) is 14.0 Å². The highest BCUT2D eigenvalue weighted by Crippen LogP contribution is 2.23. The molecule has 4 rings (SSSR count). The van der Waals surface area contributed by atoms with E-state index >= 15 is 0 Å². The van der Waals surface area contributed by atoms with Gasteiger partial charge < -0.3 is 15.1 Å². The second-order valence-electron chi connectivity index (χ2n) is 8.91. The molecule has 210 valence electrons. The van der Waals surface area contributed by atoms with Crippen molar-refractivity contribution in [3.63, 3.8) is 0 Å². The Hall–Kier alpha value is -5.11. The van der Waals surface area contributed by atoms with Gasteiger partial charge in [0.2, 0.25) is 0 Å². The van der Waals surface area contributed by atoms with Crippen LogP contribution in [0.25, 0.3) is 0 Å². The number of anilines is 1. The Kier molecular flexibility index (Phi) is 9.29. The van der Waals surface area contributed by atoms with Crippen molar-refractivity contribution in [2.75, 3.05) is 31.1 Å². The molecule has 2 heterocycles. The average Bonchev–Trinajstić information content (AvgIpc) is 2.95. The number of piperazine rings is 1. The lowest BCUT2D eigenvalue weighted by molar-refractivity contribution is -0.384. The summed E-state index contributed by atoms with van der Waals surface area (Å²) >= 11 is 0. The number of nitrogens with zero attached hydrogens (tertiary/aromatic N) is 5. The smallest absolute Gasteiger partial charge is 0.414 e. The Balaban J connectivity index is 0.000000663. The second kappa shape index (κ2) is 12.6. The van der Waals surface area contributed by atoms with Gasteiger partial charge in [-0.3, -0.25) is 33.7 Å². The van der Waals surface area contributed by atoms with Crippen LogP contribution in [0, 0.1) is 10.1 Å². The van der Waals surface area contributed by atoms with Crippen LogP contribution in [0.3, 0.4) is 0 Å². The van der Waals surface area contributed by atoms with Gasteiger partial charge in [0.05, 0.1) is 4.92 Å². The molecule has 1 aromatic heterocycles. The van der Waals surface area contributed by atoms with Crippen LogP contribution in [-0.2, 0) is 30.2 Å². The van der Waals surface area contributed by atoms with Crippen molar-refractivity contribution in [3.05, 3.63) is 102 Å². The summed E-state index contributed by atoms with van der Waals surface area (Å²) in [4.78, 5) is 70.6. The van der Waals surface area contributed by atoms with E-state index < -0.39 is 16.9 Å². The third-order valence-electron chi connectivity index (χ3n) is 6.36. The van der Waals surface area contributed by atoms with Gasteiger partial charge >= 0.3 is 17.6 Å². The van der Waals surface area contributed by atoms with Gasteiger partial charge in [-0.05, 0) is 5.56 Å². The lowest BCUT2D eigenvalue weighted by Gasteiger charge is -2.36. The summed E-state index contributed by atoms with van der Waals surface area (Å²) < 4.78 is 2.53. The summed E-state index contributed by atoms with van der Waals surface area (Å²) in [6.45, 7) is 2.92. The minimum atomic E-state index is -1.82. The number of aliphatic carboxylic acids is 2. The van der Waals surface area contributed by atoms with Gasteiger partial charge in [0.25, 0.3) is 11.2 Å². The molecule has 1 aliphatic heterocycles. The van der Waals surface area contributed by atoms with Crippen LogP contribution in [0.5, 0.6) is 0 Å². The Bertz CT molecular complexity index is 1540. The number of carbonyl (C=O) groups is 3. The first-order chi connectivity index (χ1) is 18.9. The number of nitro benzene ring substituents is 1. The molecule has 0 bridgehead atoms. The van der Waals surface area contributed by atoms with Crippen LogP contribution < -0.4 is 16.1 Å². The van der Waals surface area contributed by atoms with Crippen molar-refractivity contribution < 1.29 is 29.5 Å². The first-order valence-corrected chi connectivity index (χ1v) is 12.0. The number of hydrogen-bond donors (Lipinski definition) is 2. The molecule has 40 heavy (non-hydrogen) atoms. The van der Waals surface area contributed by atoms with E-state index in [4.69, 9.17) is 19.8 Å². The maximum Gasteiger partial charge on any atom is 0.414 e. The molecule has 1 aliphatic rings. The highest BCUT2D eigenvalue weighted by atomic mass is 16.6. The Morgan fingerprint density at radius 2 is 1.48 bits per heavy atom. The number of nitro groups is 1. The van der Waals surface area contributed by atoms with Gasteiger partial charge in [-0.1, -0.05) is 36.4 Å². The number of carbonyl (C=O) groups excluding carboxylic acids is 1. The van der Waals surface area contributed by atoms with Crippen LogP contribution >= 0.6 is 0 Å². The van der Waals surface area contributed by atoms with Crippen LogP contribution in [0.15, 0.2) is 64.2 Å². The van der Waals surface area contributed by atoms with Gasteiger partial charge in [-0.15, -0.1) is 0 Å². The summed E-state index contributed by atoms with van der Waals surface area (Å²) in [6.07, 6.45) is 0. The molecule has 3 aromatic rings. The second-order valence-corrected chi connectivity index (χ2v) is 8.91. The quantitative estimate of drug-likeness (QED) is 0.189. The fourth-order valence-corrected chi connectivity index (χ4v) is 4.17. The van der Waals surface area contributed by atoms with Crippen molar-refractivity contribution >= 4 is 29.2 Å². The number of carboxylic acids is 2. The number of rotatable bonds is 6. The predicted octanol–water partition coefficient (Wildman–Crippen LogP) is 0.701. The Morgan fingerprint density at radius 3 is 2.02 bits per heavy atom. The van der Waals surface area contributed by atoms with Gasteiger partial charge in [-0.25, -0.2) is 14.4 Å². The molecule has 0 aliphatic carbocycles. The molecule has 0 saturated carbocycles. The largest absolute Gasteiger partial charge is 0.473 e. The molecule has 0 unspecified atom stereocenters. The number of hydrogen-bond acceptors (Lipinski definition) is 9. The van der Waals surface area contributed by atoms with Gasteiger partial charge in [0.15, 0.2) is 5.78 Å². The maximum atomic E-state index is 13.1. The predicted molar refractivity (Wildman–Crippen MR) is 143 cm³/mol. The van der Waals surface area contributed by atoms with Crippen molar-refractivity contribution in [2.45, 2.75) is 6.54 Å². The zero-order valence-corrected chi connectivity index (χ0v) is 21.7.